The lowest BCUT2D eigenvalue weighted by molar-refractivity contribution is -0.118. The van der Waals surface area contributed by atoms with Crippen LogP contribution in [0, 0.1) is 11.3 Å². The second kappa shape index (κ2) is 13.7. The number of hydrogen-bond donors (Lipinski definition) is 2. The van der Waals surface area contributed by atoms with Crippen molar-refractivity contribution in [1.82, 2.24) is 0 Å². The highest BCUT2D eigenvalue weighted by molar-refractivity contribution is 9.10. The van der Waals surface area contributed by atoms with Gasteiger partial charge in [-0.05, 0) is 83.0 Å². The van der Waals surface area contributed by atoms with E-state index >= 15 is 0 Å². The Morgan fingerprint density at radius 2 is 1.68 bits per heavy atom. The lowest BCUT2D eigenvalue weighted by atomic mass is 10.1. The number of ether oxygens (including phenoxy) is 4. The lowest BCUT2D eigenvalue weighted by Gasteiger charge is -2.14. The van der Waals surface area contributed by atoms with Crippen molar-refractivity contribution in [2.75, 3.05) is 38.1 Å². The molecule has 0 saturated carbocycles. The van der Waals surface area contributed by atoms with Crippen molar-refractivity contribution in [3.05, 3.63) is 76.3 Å². The second-order valence-electron chi connectivity index (χ2n) is 7.65. The zero-order chi connectivity index (χ0) is 27.5. The molecule has 0 aliphatic carbocycles. The molecule has 38 heavy (non-hydrogen) atoms. The Bertz CT molecular complexity index is 1370. The summed E-state index contributed by atoms with van der Waals surface area (Å²) in [6.07, 6.45) is 1.43. The fourth-order valence-electron chi connectivity index (χ4n) is 3.35. The van der Waals surface area contributed by atoms with E-state index in [2.05, 4.69) is 26.6 Å². The molecular weight excluding hydrogens is 554 g/mol. The summed E-state index contributed by atoms with van der Waals surface area (Å²) in [6.45, 7) is 2.12. The molecule has 9 nitrogen and oxygen atoms in total. The van der Waals surface area contributed by atoms with Gasteiger partial charge in [0.05, 0.1) is 31.0 Å². The normalized spacial score (nSPS) is 10.7. The molecule has 0 aliphatic rings. The molecule has 0 aromatic heterocycles. The highest BCUT2D eigenvalue weighted by Crippen LogP contribution is 2.37. The summed E-state index contributed by atoms with van der Waals surface area (Å²) < 4.78 is 22.2. The predicted octanol–water partition coefficient (Wildman–Crippen LogP) is 5.43. The number of nitrogens with one attached hydrogen (secondary N) is 2. The standard InChI is InChI=1S/C28H26BrN3O6/c1-4-37-21-11-9-20(10-12-21)31-28(34)19(16-30)13-18-14-22(29)27(25(15-18)36-3)38-17-26(33)32-23-7-5-6-8-24(23)35-2/h5-15H,4,17H2,1-3H3,(H,31,34)(H,32,33)/b19-13+. The molecule has 0 saturated heterocycles. The molecule has 10 heteroatoms. The molecule has 3 aromatic carbocycles. The summed E-state index contributed by atoms with van der Waals surface area (Å²) >= 11 is 3.42. The number of halogens is 1. The van der Waals surface area contributed by atoms with Crippen molar-refractivity contribution in [1.29, 1.82) is 5.26 Å². The maximum atomic E-state index is 12.7. The number of methoxy groups -OCH3 is 2. The van der Waals surface area contributed by atoms with E-state index < -0.39 is 11.8 Å². The molecule has 2 amide bonds. The van der Waals surface area contributed by atoms with Gasteiger partial charge < -0.3 is 29.6 Å². The predicted molar refractivity (Wildman–Crippen MR) is 148 cm³/mol. The smallest absolute Gasteiger partial charge is 0.266 e. The molecule has 0 fully saturated rings. The van der Waals surface area contributed by atoms with Crippen LogP contribution >= 0.6 is 15.9 Å². The summed E-state index contributed by atoms with van der Waals surface area (Å²) in [7, 11) is 2.96. The van der Waals surface area contributed by atoms with Gasteiger partial charge in [-0.25, -0.2) is 0 Å². The Morgan fingerprint density at radius 1 is 0.974 bits per heavy atom. The molecule has 0 spiro atoms. The Balaban J connectivity index is 1.72. The lowest BCUT2D eigenvalue weighted by Crippen LogP contribution is -2.20. The molecule has 0 aliphatic heterocycles. The number of anilines is 2. The van der Waals surface area contributed by atoms with E-state index in [1.807, 2.05) is 13.0 Å². The number of carbonyl (C=O) groups is 2. The molecule has 3 aromatic rings. The highest BCUT2D eigenvalue weighted by atomic mass is 79.9. The summed E-state index contributed by atoms with van der Waals surface area (Å²) in [5.74, 6) is 0.830. The van der Waals surface area contributed by atoms with E-state index in [9.17, 15) is 14.9 Å². The minimum absolute atomic E-state index is 0.113. The first-order valence-electron chi connectivity index (χ1n) is 11.5. The third-order valence-electron chi connectivity index (χ3n) is 5.08. The fourth-order valence-corrected chi connectivity index (χ4v) is 3.92. The topological polar surface area (TPSA) is 119 Å². The molecule has 0 radical (unpaired) electrons. The van der Waals surface area contributed by atoms with E-state index in [1.54, 1.807) is 60.7 Å². The van der Waals surface area contributed by atoms with Crippen LogP contribution in [0.2, 0.25) is 0 Å². The number of nitrogens with zero attached hydrogens (tertiary/aromatic N) is 1. The number of hydrogen-bond acceptors (Lipinski definition) is 7. The van der Waals surface area contributed by atoms with Crippen LogP contribution in [0.15, 0.2) is 70.7 Å². The summed E-state index contributed by atoms with van der Waals surface area (Å²) in [5.41, 5.74) is 1.44. The first-order chi connectivity index (χ1) is 18.4. The second-order valence-corrected chi connectivity index (χ2v) is 8.51. The fraction of sp³-hybridized carbons (Fsp3) is 0.179. The summed E-state index contributed by atoms with van der Waals surface area (Å²) in [4.78, 5) is 25.1. The van der Waals surface area contributed by atoms with E-state index in [1.165, 1.54) is 20.3 Å². The first-order valence-corrected chi connectivity index (χ1v) is 12.3. The molecular formula is C28H26BrN3O6. The Kier molecular flexibility index (Phi) is 10.1. The van der Waals surface area contributed by atoms with Gasteiger partial charge in [0, 0.05) is 5.69 Å². The molecule has 0 atom stereocenters. The maximum absolute atomic E-state index is 12.7. The van der Waals surface area contributed by atoms with Gasteiger partial charge in [-0.1, -0.05) is 12.1 Å². The van der Waals surface area contributed by atoms with Crippen LogP contribution < -0.4 is 29.6 Å². The van der Waals surface area contributed by atoms with Gasteiger partial charge in [0.1, 0.15) is 23.1 Å². The van der Waals surface area contributed by atoms with E-state index in [0.717, 1.165) is 0 Å². The van der Waals surface area contributed by atoms with Gasteiger partial charge in [-0.3, -0.25) is 9.59 Å². The van der Waals surface area contributed by atoms with Gasteiger partial charge in [0.15, 0.2) is 18.1 Å². The van der Waals surface area contributed by atoms with Gasteiger partial charge in [-0.2, -0.15) is 5.26 Å². The van der Waals surface area contributed by atoms with Crippen molar-refractivity contribution >= 4 is 45.2 Å². The van der Waals surface area contributed by atoms with Crippen molar-refractivity contribution in [2.45, 2.75) is 6.92 Å². The quantitative estimate of drug-likeness (QED) is 0.229. The van der Waals surface area contributed by atoms with Crippen LogP contribution in [-0.2, 0) is 9.59 Å². The molecule has 3 rings (SSSR count). The maximum Gasteiger partial charge on any atom is 0.266 e. The van der Waals surface area contributed by atoms with E-state index in [4.69, 9.17) is 18.9 Å². The van der Waals surface area contributed by atoms with Gasteiger partial charge in [0.2, 0.25) is 0 Å². The highest BCUT2D eigenvalue weighted by Gasteiger charge is 2.16. The minimum Gasteiger partial charge on any atom is -0.495 e. The number of carbonyl (C=O) groups excluding carboxylic acids is 2. The van der Waals surface area contributed by atoms with Crippen LogP contribution in [-0.4, -0.2) is 39.2 Å². The number of rotatable bonds is 11. The Hall–Kier alpha value is -4.49. The summed E-state index contributed by atoms with van der Waals surface area (Å²) in [5, 5.41) is 15.0. The molecule has 0 heterocycles. The zero-order valence-electron chi connectivity index (χ0n) is 21.0. The third-order valence-corrected chi connectivity index (χ3v) is 5.67. The van der Waals surface area contributed by atoms with Crippen LogP contribution in [0.5, 0.6) is 23.0 Å². The van der Waals surface area contributed by atoms with Crippen molar-refractivity contribution in [3.8, 4) is 29.1 Å². The van der Waals surface area contributed by atoms with E-state index in [0.29, 0.717) is 45.3 Å². The SMILES string of the molecule is CCOc1ccc(NC(=O)/C(C#N)=C/c2cc(Br)c(OCC(=O)Nc3ccccc3OC)c(OC)c2)cc1. The monoisotopic (exact) mass is 579 g/mol. The summed E-state index contributed by atoms with van der Waals surface area (Å²) in [6, 6.07) is 19.0. The first kappa shape index (κ1) is 28.1. The van der Waals surface area contributed by atoms with Crippen molar-refractivity contribution < 1.29 is 28.5 Å². The largest absolute Gasteiger partial charge is 0.495 e. The molecule has 2 N–H and O–H groups in total. The minimum atomic E-state index is -0.569. The van der Waals surface area contributed by atoms with Crippen LogP contribution in [0.25, 0.3) is 6.08 Å². The van der Waals surface area contributed by atoms with Crippen molar-refractivity contribution in [2.24, 2.45) is 0 Å². The van der Waals surface area contributed by atoms with E-state index in [-0.39, 0.29) is 17.9 Å². The van der Waals surface area contributed by atoms with Gasteiger partial charge in [0.25, 0.3) is 11.8 Å². The molecule has 196 valence electrons. The Morgan fingerprint density at radius 3 is 2.34 bits per heavy atom. The number of para-hydroxylation sites is 2. The van der Waals surface area contributed by atoms with Gasteiger partial charge >= 0.3 is 0 Å². The Labute approximate surface area is 229 Å². The number of nitriles is 1. The average Bonchev–Trinajstić information content (AvgIpc) is 2.92. The average molecular weight is 580 g/mol. The third kappa shape index (κ3) is 7.51. The van der Waals surface area contributed by atoms with Crippen LogP contribution in [0.3, 0.4) is 0 Å². The van der Waals surface area contributed by atoms with Crippen molar-refractivity contribution in [3.63, 3.8) is 0 Å². The molecule has 0 bridgehead atoms. The number of benzene rings is 3. The number of amides is 2. The van der Waals surface area contributed by atoms with Crippen LogP contribution in [0.4, 0.5) is 11.4 Å². The zero-order valence-corrected chi connectivity index (χ0v) is 22.6. The van der Waals surface area contributed by atoms with Crippen LogP contribution in [0.1, 0.15) is 12.5 Å². The molecule has 0 unspecified atom stereocenters. The van der Waals surface area contributed by atoms with Gasteiger partial charge in [-0.15, -0.1) is 0 Å².